The fourth-order valence-corrected chi connectivity index (χ4v) is 4.37. The van der Waals surface area contributed by atoms with Gasteiger partial charge in [-0.2, -0.15) is 0 Å². The molecule has 3 rings (SSSR count). The van der Waals surface area contributed by atoms with Crippen LogP contribution in [0, 0.1) is 5.92 Å². The lowest BCUT2D eigenvalue weighted by Crippen LogP contribution is -2.13. The molecule has 130 valence electrons. The number of hydrogen-bond acceptors (Lipinski definition) is 2. The maximum Gasteiger partial charge on any atom is 0.0419 e. The first-order valence-corrected chi connectivity index (χ1v) is 10.1. The van der Waals surface area contributed by atoms with Crippen LogP contribution in [0.2, 0.25) is 0 Å². The van der Waals surface area contributed by atoms with E-state index in [1.807, 2.05) is 7.05 Å². The molecule has 0 saturated heterocycles. The number of rotatable bonds is 6. The third-order valence-electron chi connectivity index (χ3n) is 5.01. The Morgan fingerprint density at radius 3 is 2.24 bits per heavy atom. The monoisotopic (exact) mass is 349 g/mol. The molecule has 0 bridgehead atoms. The minimum absolute atomic E-state index is 0.789. The maximum atomic E-state index is 4.56. The van der Waals surface area contributed by atoms with E-state index in [0.29, 0.717) is 0 Å². The van der Waals surface area contributed by atoms with Crippen LogP contribution < -0.4 is 0 Å². The summed E-state index contributed by atoms with van der Waals surface area (Å²) in [6.45, 7) is 4.34. The van der Waals surface area contributed by atoms with Crippen LogP contribution in [0.25, 0.3) is 5.57 Å². The predicted molar refractivity (Wildman–Crippen MR) is 111 cm³/mol. The minimum atomic E-state index is 0.789. The van der Waals surface area contributed by atoms with Crippen LogP contribution in [0.4, 0.5) is 0 Å². The number of benzene rings is 2. The Hall–Kier alpha value is -1.80. The molecule has 0 amide bonds. The molecule has 1 nitrogen and oxygen atoms in total. The zero-order valence-corrected chi connectivity index (χ0v) is 15.9. The van der Waals surface area contributed by atoms with Gasteiger partial charge >= 0.3 is 0 Å². The van der Waals surface area contributed by atoms with Gasteiger partial charge < -0.3 is 0 Å². The molecule has 1 aliphatic rings. The van der Waals surface area contributed by atoms with Crippen LogP contribution in [-0.4, -0.2) is 12.8 Å². The van der Waals surface area contributed by atoms with Crippen molar-refractivity contribution < 1.29 is 0 Å². The van der Waals surface area contributed by atoms with Crippen molar-refractivity contribution in [3.8, 4) is 0 Å². The van der Waals surface area contributed by atoms with Gasteiger partial charge in [0, 0.05) is 22.6 Å². The number of aliphatic imine (C=N–C) groups is 1. The summed E-state index contributed by atoms with van der Waals surface area (Å²) in [6.07, 6.45) is 7.92. The number of hydrogen-bond donors (Lipinski definition) is 0. The van der Waals surface area contributed by atoms with E-state index >= 15 is 0 Å². The van der Waals surface area contributed by atoms with Crippen molar-refractivity contribution in [1.29, 1.82) is 0 Å². The van der Waals surface area contributed by atoms with Gasteiger partial charge in [0.25, 0.3) is 0 Å². The Morgan fingerprint density at radius 1 is 0.960 bits per heavy atom. The molecule has 1 saturated carbocycles. The molecule has 0 unspecified atom stereocenters. The molecule has 2 aromatic rings. The Morgan fingerprint density at radius 2 is 1.60 bits per heavy atom. The van der Waals surface area contributed by atoms with E-state index in [9.17, 15) is 0 Å². The van der Waals surface area contributed by atoms with Crippen LogP contribution in [-0.2, 0) is 0 Å². The first-order valence-electron chi connectivity index (χ1n) is 9.24. The van der Waals surface area contributed by atoms with E-state index in [1.54, 1.807) is 11.8 Å². The van der Waals surface area contributed by atoms with Gasteiger partial charge in [0.2, 0.25) is 0 Å². The quantitative estimate of drug-likeness (QED) is 0.517. The number of nitrogens with zero attached hydrogens (tertiary/aromatic N) is 1. The van der Waals surface area contributed by atoms with Gasteiger partial charge in [-0.05, 0) is 47.7 Å². The highest BCUT2D eigenvalue weighted by molar-refractivity contribution is 7.99. The average molecular weight is 350 g/mol. The van der Waals surface area contributed by atoms with Crippen molar-refractivity contribution >= 4 is 23.0 Å². The van der Waals surface area contributed by atoms with E-state index in [2.05, 4.69) is 66.2 Å². The highest BCUT2D eigenvalue weighted by Gasteiger charge is 2.17. The SMILES string of the molecule is C=C(/C(CC1CCCCC1)=N/C)c1ccc(Sc2ccccc2)cc1. The van der Waals surface area contributed by atoms with Crippen LogP contribution in [0.15, 0.2) is 76.0 Å². The van der Waals surface area contributed by atoms with Crippen LogP contribution in [0.1, 0.15) is 44.1 Å². The fraction of sp³-hybridized carbons (Fsp3) is 0.348. The molecule has 0 atom stereocenters. The van der Waals surface area contributed by atoms with E-state index in [0.717, 1.165) is 17.9 Å². The Kier molecular flexibility index (Phi) is 6.52. The summed E-state index contributed by atoms with van der Waals surface area (Å²) >= 11 is 1.79. The predicted octanol–water partition coefficient (Wildman–Crippen LogP) is 6.89. The second-order valence-electron chi connectivity index (χ2n) is 6.80. The lowest BCUT2D eigenvalue weighted by atomic mass is 9.84. The van der Waals surface area contributed by atoms with Gasteiger partial charge in [0.1, 0.15) is 0 Å². The van der Waals surface area contributed by atoms with Crippen molar-refractivity contribution in [3.05, 3.63) is 66.7 Å². The summed E-state index contributed by atoms with van der Waals surface area (Å²) in [4.78, 5) is 7.08. The molecule has 0 spiro atoms. The summed E-state index contributed by atoms with van der Waals surface area (Å²) < 4.78 is 0. The fourth-order valence-electron chi connectivity index (χ4n) is 3.53. The number of allylic oxidation sites excluding steroid dienone is 1. The molecule has 0 N–H and O–H groups in total. The third kappa shape index (κ3) is 5.09. The van der Waals surface area contributed by atoms with Gasteiger partial charge in [-0.25, -0.2) is 0 Å². The molecule has 0 aliphatic heterocycles. The maximum absolute atomic E-state index is 4.56. The normalized spacial score (nSPS) is 16.0. The van der Waals surface area contributed by atoms with E-state index in [4.69, 9.17) is 0 Å². The molecule has 2 heteroatoms. The summed E-state index contributed by atoms with van der Waals surface area (Å²) in [6, 6.07) is 19.2. The molecule has 25 heavy (non-hydrogen) atoms. The third-order valence-corrected chi connectivity index (χ3v) is 6.02. The Labute approximate surface area is 156 Å². The molecular formula is C23H27NS. The topological polar surface area (TPSA) is 12.4 Å². The molecule has 1 fully saturated rings. The Bertz CT molecular complexity index is 710. The highest BCUT2D eigenvalue weighted by atomic mass is 32.2. The van der Waals surface area contributed by atoms with E-state index < -0.39 is 0 Å². The second-order valence-corrected chi connectivity index (χ2v) is 7.94. The summed E-state index contributed by atoms with van der Waals surface area (Å²) in [5.74, 6) is 0.789. The van der Waals surface area contributed by atoms with E-state index in [1.165, 1.54) is 53.2 Å². The first kappa shape index (κ1) is 18.0. The van der Waals surface area contributed by atoms with Crippen molar-refractivity contribution in [3.63, 3.8) is 0 Å². The molecular weight excluding hydrogens is 322 g/mol. The van der Waals surface area contributed by atoms with E-state index in [-0.39, 0.29) is 0 Å². The zero-order valence-electron chi connectivity index (χ0n) is 15.1. The van der Waals surface area contributed by atoms with Gasteiger partial charge in [0.05, 0.1) is 0 Å². The van der Waals surface area contributed by atoms with Gasteiger partial charge in [-0.1, -0.05) is 80.8 Å². The largest absolute Gasteiger partial charge is 0.292 e. The van der Waals surface area contributed by atoms with Crippen LogP contribution >= 0.6 is 11.8 Å². The summed E-state index contributed by atoms with van der Waals surface area (Å²) in [5.41, 5.74) is 3.45. The van der Waals surface area contributed by atoms with Gasteiger partial charge in [0.15, 0.2) is 0 Å². The molecule has 1 aliphatic carbocycles. The van der Waals surface area contributed by atoms with Crippen LogP contribution in [0.5, 0.6) is 0 Å². The summed E-state index contributed by atoms with van der Waals surface area (Å²) in [5, 5.41) is 0. The summed E-state index contributed by atoms with van der Waals surface area (Å²) in [7, 11) is 1.91. The minimum Gasteiger partial charge on any atom is -0.292 e. The van der Waals surface area contributed by atoms with Gasteiger partial charge in [-0.15, -0.1) is 0 Å². The molecule has 2 aromatic carbocycles. The highest BCUT2D eigenvalue weighted by Crippen LogP contribution is 2.31. The van der Waals surface area contributed by atoms with Crippen molar-refractivity contribution in [2.24, 2.45) is 10.9 Å². The average Bonchev–Trinajstić information content (AvgIpc) is 2.68. The first-order chi connectivity index (χ1) is 12.3. The Balaban J connectivity index is 1.64. The van der Waals surface area contributed by atoms with Gasteiger partial charge in [-0.3, -0.25) is 4.99 Å². The standard InChI is InChI=1S/C23H27NS/c1-18(23(24-2)17-19-9-5-3-6-10-19)20-13-15-22(16-14-20)25-21-11-7-4-8-12-21/h4,7-8,11-16,19H,1,3,5-6,9-10,17H2,2H3/b24-23+. The lowest BCUT2D eigenvalue weighted by molar-refractivity contribution is 0.368. The smallest absolute Gasteiger partial charge is 0.0419 e. The molecule has 0 radical (unpaired) electrons. The van der Waals surface area contributed by atoms with Crippen molar-refractivity contribution in [2.45, 2.75) is 48.3 Å². The van der Waals surface area contributed by atoms with Crippen LogP contribution in [0.3, 0.4) is 0 Å². The zero-order chi connectivity index (χ0) is 17.5. The van der Waals surface area contributed by atoms with Crippen molar-refractivity contribution in [1.82, 2.24) is 0 Å². The van der Waals surface area contributed by atoms with Crippen molar-refractivity contribution in [2.75, 3.05) is 7.05 Å². The lowest BCUT2D eigenvalue weighted by Gasteiger charge is -2.23. The molecule has 0 heterocycles. The second kappa shape index (κ2) is 9.05. The molecule has 0 aromatic heterocycles.